The number of carboxylic acid groups (broad SMARTS) is 1. The molecule has 0 aromatic heterocycles. The Morgan fingerprint density at radius 1 is 0.970 bits per heavy atom. The summed E-state index contributed by atoms with van der Waals surface area (Å²) < 4.78 is 0. The van der Waals surface area contributed by atoms with E-state index in [0.29, 0.717) is 5.75 Å². The molecule has 0 saturated heterocycles. The summed E-state index contributed by atoms with van der Waals surface area (Å²) in [4.78, 5) is 24.3. The number of aliphatic carboxylic acids is 1. The molecule has 0 aromatic rings. The molecule has 1 amide bonds. The molecule has 0 aliphatic rings. The monoisotopic (exact) mass is 482 g/mol. The fraction of sp³-hybridized carbons (Fsp3) is 0.692. The summed E-state index contributed by atoms with van der Waals surface area (Å²) >= 11 is 1.49. The van der Waals surface area contributed by atoms with Gasteiger partial charge in [-0.3, -0.25) is 10.1 Å². The molecule has 7 heteroatoms. The Kier molecular flexibility index (Phi) is 17.0. The lowest BCUT2D eigenvalue weighted by atomic mass is 9.98. The second-order valence-corrected chi connectivity index (χ2v) is 10.2. The molecule has 0 aromatic carbocycles. The highest BCUT2D eigenvalue weighted by atomic mass is 32.2. The third-order valence-electron chi connectivity index (χ3n) is 5.49. The number of allylic oxidation sites excluding steroid dienone is 5. The number of amides is 1. The number of hydrogen-bond donors (Lipinski definition) is 4. The van der Waals surface area contributed by atoms with Gasteiger partial charge in [-0.2, -0.15) is 11.8 Å². The van der Waals surface area contributed by atoms with Crippen molar-refractivity contribution in [2.75, 3.05) is 11.5 Å². The van der Waals surface area contributed by atoms with Crippen LogP contribution in [0.2, 0.25) is 0 Å². The number of carbonyl (C=O) groups is 2. The van der Waals surface area contributed by atoms with Gasteiger partial charge in [0.25, 0.3) is 0 Å². The summed E-state index contributed by atoms with van der Waals surface area (Å²) in [7, 11) is 0. The minimum atomic E-state index is -1.05. The number of thioether (sulfide) groups is 1. The Labute approximate surface area is 205 Å². The van der Waals surface area contributed by atoms with E-state index in [2.05, 4.69) is 56.6 Å². The first-order valence-electron chi connectivity index (χ1n) is 12.0. The molecule has 0 rings (SSSR count). The molecular formula is C26H46N2O4S. The maximum absolute atomic E-state index is 12.6. The van der Waals surface area contributed by atoms with E-state index in [1.165, 1.54) is 28.5 Å². The van der Waals surface area contributed by atoms with Crippen LogP contribution in [0.15, 0.2) is 34.9 Å². The molecule has 0 spiro atoms. The number of aliphatic hydroxyl groups excluding tert-OH is 1. The Bertz CT molecular complexity index is 682. The molecule has 0 bridgehead atoms. The van der Waals surface area contributed by atoms with Crippen LogP contribution in [0.4, 0.5) is 0 Å². The van der Waals surface area contributed by atoms with Crippen molar-refractivity contribution >= 4 is 23.6 Å². The van der Waals surface area contributed by atoms with Crippen LogP contribution in [0.1, 0.15) is 80.6 Å². The van der Waals surface area contributed by atoms with E-state index in [-0.39, 0.29) is 11.7 Å². The molecule has 33 heavy (non-hydrogen) atoms. The van der Waals surface area contributed by atoms with Gasteiger partial charge in [-0.15, -0.1) is 0 Å². The second kappa shape index (κ2) is 17.8. The highest BCUT2D eigenvalue weighted by Crippen LogP contribution is 2.14. The van der Waals surface area contributed by atoms with E-state index in [4.69, 9.17) is 0 Å². The van der Waals surface area contributed by atoms with Crippen LogP contribution >= 0.6 is 11.8 Å². The minimum Gasteiger partial charge on any atom is -0.480 e. The van der Waals surface area contributed by atoms with E-state index < -0.39 is 30.2 Å². The first-order chi connectivity index (χ1) is 15.5. The summed E-state index contributed by atoms with van der Waals surface area (Å²) in [5.41, 5.74) is 4.05. The first-order valence-corrected chi connectivity index (χ1v) is 13.1. The zero-order valence-electron chi connectivity index (χ0n) is 21.6. The molecule has 6 nitrogen and oxygen atoms in total. The van der Waals surface area contributed by atoms with Gasteiger partial charge in [0.15, 0.2) is 0 Å². The van der Waals surface area contributed by atoms with Gasteiger partial charge >= 0.3 is 5.97 Å². The van der Waals surface area contributed by atoms with Crippen molar-refractivity contribution in [3.8, 4) is 0 Å². The average molecular weight is 483 g/mol. The maximum Gasteiger partial charge on any atom is 0.327 e. The quantitative estimate of drug-likeness (QED) is 0.132. The van der Waals surface area contributed by atoms with Gasteiger partial charge in [0.05, 0.1) is 6.04 Å². The van der Waals surface area contributed by atoms with Crippen LogP contribution in [0.5, 0.6) is 0 Å². The Morgan fingerprint density at radius 3 is 2.06 bits per heavy atom. The SMILES string of the molecule is CC[C@H](C)[C@H](NC(C)O)C(=O)N[C@@H](CSC/C=C(\C)CC/C=C(\C)CCC=C(C)C)C(=O)O. The summed E-state index contributed by atoms with van der Waals surface area (Å²) in [5, 5.41) is 24.6. The van der Waals surface area contributed by atoms with Crippen molar-refractivity contribution in [2.45, 2.75) is 98.9 Å². The normalized spacial score (nSPS) is 16.0. The molecule has 190 valence electrons. The van der Waals surface area contributed by atoms with Crippen LogP contribution in [0.3, 0.4) is 0 Å². The van der Waals surface area contributed by atoms with Crippen molar-refractivity contribution < 1.29 is 19.8 Å². The van der Waals surface area contributed by atoms with Crippen molar-refractivity contribution in [1.82, 2.24) is 10.6 Å². The zero-order valence-corrected chi connectivity index (χ0v) is 22.4. The fourth-order valence-corrected chi connectivity index (χ4v) is 4.16. The molecule has 0 aliphatic heterocycles. The molecule has 0 fully saturated rings. The molecule has 0 radical (unpaired) electrons. The van der Waals surface area contributed by atoms with Crippen LogP contribution in [0.25, 0.3) is 0 Å². The zero-order chi connectivity index (χ0) is 25.4. The van der Waals surface area contributed by atoms with Crippen LogP contribution < -0.4 is 10.6 Å². The lowest BCUT2D eigenvalue weighted by Gasteiger charge is -2.26. The number of hydrogen-bond acceptors (Lipinski definition) is 5. The van der Waals surface area contributed by atoms with Gasteiger partial charge in [0, 0.05) is 11.5 Å². The molecule has 0 saturated carbocycles. The third kappa shape index (κ3) is 15.8. The number of rotatable bonds is 17. The lowest BCUT2D eigenvalue weighted by Crippen LogP contribution is -2.55. The Hall–Kier alpha value is -1.57. The summed E-state index contributed by atoms with van der Waals surface area (Å²) in [6.45, 7) is 13.9. The molecule has 1 unspecified atom stereocenters. The maximum atomic E-state index is 12.6. The molecule has 0 aliphatic carbocycles. The van der Waals surface area contributed by atoms with E-state index >= 15 is 0 Å². The number of carboxylic acids is 1. The van der Waals surface area contributed by atoms with Gasteiger partial charge < -0.3 is 15.5 Å². The summed E-state index contributed by atoms with van der Waals surface area (Å²) in [6, 6.07) is -1.60. The minimum absolute atomic E-state index is 0.0304. The largest absolute Gasteiger partial charge is 0.480 e. The van der Waals surface area contributed by atoms with Gasteiger partial charge in [0.1, 0.15) is 12.3 Å². The molecule has 4 N–H and O–H groups in total. The predicted molar refractivity (Wildman–Crippen MR) is 140 cm³/mol. The third-order valence-corrected chi connectivity index (χ3v) is 6.46. The molecule has 0 heterocycles. The lowest BCUT2D eigenvalue weighted by molar-refractivity contribution is -0.141. The summed E-state index contributed by atoms with van der Waals surface area (Å²) in [6.07, 6.45) is 10.8. The van der Waals surface area contributed by atoms with E-state index in [0.717, 1.165) is 32.1 Å². The average Bonchev–Trinajstić information content (AvgIpc) is 2.72. The van der Waals surface area contributed by atoms with Gasteiger partial charge in [-0.1, -0.05) is 55.2 Å². The number of nitrogens with one attached hydrogen (secondary N) is 2. The van der Waals surface area contributed by atoms with Crippen molar-refractivity contribution in [2.24, 2.45) is 5.92 Å². The standard InChI is InChI=1S/C26H46N2O4S/c1-8-21(6)24(27-22(7)29)25(30)28-23(26(31)32)17-33-16-15-20(5)14-10-13-19(4)12-9-11-18(2)3/h11,13,15,21-24,27,29H,8-10,12,14,16-17H2,1-7H3,(H,28,30)(H,31,32)/b19-13+,20-15+/t21-,22?,23-,24-/m0/s1. The van der Waals surface area contributed by atoms with Crippen molar-refractivity contribution in [1.29, 1.82) is 0 Å². The predicted octanol–water partition coefficient (Wildman–Crippen LogP) is 5.05. The number of carbonyl (C=O) groups excluding carboxylic acids is 1. The van der Waals surface area contributed by atoms with Crippen LogP contribution in [-0.4, -0.2) is 51.9 Å². The van der Waals surface area contributed by atoms with Gasteiger partial charge in [0.2, 0.25) is 5.91 Å². The fourth-order valence-electron chi connectivity index (χ4n) is 3.16. The van der Waals surface area contributed by atoms with E-state index in [9.17, 15) is 19.8 Å². The van der Waals surface area contributed by atoms with Crippen molar-refractivity contribution in [3.05, 3.63) is 34.9 Å². The molecular weight excluding hydrogens is 436 g/mol. The topological polar surface area (TPSA) is 98.7 Å². The van der Waals surface area contributed by atoms with Gasteiger partial charge in [-0.05, 0) is 66.2 Å². The number of aliphatic hydroxyl groups is 1. The van der Waals surface area contributed by atoms with Crippen LogP contribution in [-0.2, 0) is 9.59 Å². The van der Waals surface area contributed by atoms with E-state index in [1.54, 1.807) is 6.92 Å². The highest BCUT2D eigenvalue weighted by molar-refractivity contribution is 7.99. The highest BCUT2D eigenvalue weighted by Gasteiger charge is 2.28. The smallest absolute Gasteiger partial charge is 0.327 e. The van der Waals surface area contributed by atoms with Gasteiger partial charge in [-0.25, -0.2) is 4.79 Å². The molecule has 4 atom stereocenters. The Morgan fingerprint density at radius 2 is 1.55 bits per heavy atom. The van der Waals surface area contributed by atoms with Crippen LogP contribution in [0, 0.1) is 5.92 Å². The Balaban J connectivity index is 4.56. The second-order valence-electron chi connectivity index (χ2n) is 9.10. The first kappa shape index (κ1) is 31.4. The summed E-state index contributed by atoms with van der Waals surface area (Å²) in [5.74, 6) is -0.481. The van der Waals surface area contributed by atoms with E-state index in [1.807, 2.05) is 13.8 Å². The van der Waals surface area contributed by atoms with Crippen molar-refractivity contribution in [3.63, 3.8) is 0 Å².